The van der Waals surface area contributed by atoms with Crippen LogP contribution in [0.25, 0.3) is 0 Å². The molecule has 76 valence electrons. The van der Waals surface area contributed by atoms with E-state index in [1.54, 1.807) is 6.08 Å². The van der Waals surface area contributed by atoms with Crippen LogP contribution in [0.2, 0.25) is 0 Å². The summed E-state index contributed by atoms with van der Waals surface area (Å²) in [6.07, 6.45) is 21.9. The van der Waals surface area contributed by atoms with E-state index >= 15 is 0 Å². The van der Waals surface area contributed by atoms with Crippen LogP contribution < -0.4 is 0 Å². The van der Waals surface area contributed by atoms with Crippen LogP contribution in [0, 0.1) is 0 Å². The van der Waals surface area contributed by atoms with Gasteiger partial charge < -0.3 is 0 Å². The third-order valence-corrected chi connectivity index (χ3v) is 1.66. The zero-order valence-electron chi connectivity index (χ0n) is 9.02. The SMILES string of the molecule is C=CC=CCC=CCC=CCC=CC. The minimum absolute atomic E-state index is 0.995. The van der Waals surface area contributed by atoms with E-state index in [0.29, 0.717) is 0 Å². The summed E-state index contributed by atoms with van der Waals surface area (Å²) in [7, 11) is 0. The summed E-state index contributed by atoms with van der Waals surface area (Å²) in [5, 5.41) is 0. The average Bonchev–Trinajstić information content (AvgIpc) is 2.21. The molecule has 0 saturated carbocycles. The Morgan fingerprint density at radius 1 is 0.786 bits per heavy atom. The molecule has 14 heavy (non-hydrogen) atoms. The van der Waals surface area contributed by atoms with Crippen LogP contribution in [-0.4, -0.2) is 0 Å². The maximum Gasteiger partial charge on any atom is -0.0166 e. The fraction of sp³-hybridized carbons (Fsp3) is 0.286. The van der Waals surface area contributed by atoms with Crippen molar-refractivity contribution in [2.45, 2.75) is 26.2 Å². The van der Waals surface area contributed by atoms with Crippen molar-refractivity contribution in [1.82, 2.24) is 0 Å². The lowest BCUT2D eigenvalue weighted by molar-refractivity contribution is 1.28. The summed E-state index contributed by atoms with van der Waals surface area (Å²) in [6, 6.07) is 0. The smallest absolute Gasteiger partial charge is 0.0166 e. The Morgan fingerprint density at radius 3 is 1.79 bits per heavy atom. The topological polar surface area (TPSA) is 0 Å². The van der Waals surface area contributed by atoms with E-state index in [1.807, 2.05) is 13.0 Å². The highest BCUT2D eigenvalue weighted by Crippen LogP contribution is 1.93. The van der Waals surface area contributed by atoms with Crippen molar-refractivity contribution in [3.63, 3.8) is 0 Å². The van der Waals surface area contributed by atoms with E-state index in [9.17, 15) is 0 Å². The minimum Gasteiger partial charge on any atom is -0.0991 e. The third kappa shape index (κ3) is 10.7. The predicted molar refractivity (Wildman–Crippen MR) is 66.3 cm³/mol. The van der Waals surface area contributed by atoms with Gasteiger partial charge >= 0.3 is 0 Å². The summed E-state index contributed by atoms with van der Waals surface area (Å²) in [5.41, 5.74) is 0. The normalized spacial score (nSPS) is 12.6. The molecule has 0 aliphatic carbocycles. The molecule has 0 aliphatic heterocycles. The van der Waals surface area contributed by atoms with Crippen LogP contribution in [0.5, 0.6) is 0 Å². The molecule has 0 N–H and O–H groups in total. The second kappa shape index (κ2) is 11.7. The van der Waals surface area contributed by atoms with Crippen LogP contribution >= 0.6 is 0 Å². The van der Waals surface area contributed by atoms with Crippen LogP contribution in [0.1, 0.15) is 26.2 Å². The Labute approximate surface area is 88.0 Å². The molecule has 0 aromatic carbocycles. The Hall–Kier alpha value is -1.30. The molecule has 0 aromatic heterocycles. The lowest BCUT2D eigenvalue weighted by atomic mass is 10.2. The van der Waals surface area contributed by atoms with Gasteiger partial charge in [0.1, 0.15) is 0 Å². The van der Waals surface area contributed by atoms with Crippen LogP contribution in [0.4, 0.5) is 0 Å². The van der Waals surface area contributed by atoms with Crippen molar-refractivity contribution in [1.29, 1.82) is 0 Å². The summed E-state index contributed by atoms with van der Waals surface area (Å²) in [6.45, 7) is 5.65. The first kappa shape index (κ1) is 12.7. The Balaban J connectivity index is 3.38. The van der Waals surface area contributed by atoms with Crippen molar-refractivity contribution in [3.8, 4) is 0 Å². The van der Waals surface area contributed by atoms with Crippen LogP contribution in [-0.2, 0) is 0 Å². The summed E-state index contributed by atoms with van der Waals surface area (Å²) < 4.78 is 0. The first-order valence-electron chi connectivity index (χ1n) is 5.10. The third-order valence-electron chi connectivity index (χ3n) is 1.66. The molecule has 0 bridgehead atoms. The second-order valence-electron chi connectivity index (χ2n) is 2.88. The van der Waals surface area contributed by atoms with Gasteiger partial charge in [0.05, 0.1) is 0 Å². The minimum atomic E-state index is 0.995. The van der Waals surface area contributed by atoms with Gasteiger partial charge in [0.15, 0.2) is 0 Å². The monoisotopic (exact) mass is 188 g/mol. The largest absolute Gasteiger partial charge is 0.0991 e. The summed E-state index contributed by atoms with van der Waals surface area (Å²) >= 11 is 0. The molecule has 0 atom stereocenters. The number of rotatable bonds is 7. The predicted octanol–water partition coefficient (Wildman–Crippen LogP) is 4.59. The van der Waals surface area contributed by atoms with Gasteiger partial charge in [0.25, 0.3) is 0 Å². The zero-order chi connectivity index (χ0) is 10.5. The molecule has 0 fully saturated rings. The van der Waals surface area contributed by atoms with Crippen LogP contribution in [0.15, 0.2) is 61.3 Å². The zero-order valence-corrected chi connectivity index (χ0v) is 9.02. The Morgan fingerprint density at radius 2 is 1.29 bits per heavy atom. The fourth-order valence-corrected chi connectivity index (χ4v) is 0.931. The quantitative estimate of drug-likeness (QED) is 0.405. The Bertz CT molecular complexity index is 226. The van der Waals surface area contributed by atoms with E-state index in [0.717, 1.165) is 19.3 Å². The summed E-state index contributed by atoms with van der Waals surface area (Å²) in [5.74, 6) is 0. The van der Waals surface area contributed by atoms with Crippen LogP contribution in [0.3, 0.4) is 0 Å². The van der Waals surface area contributed by atoms with Gasteiger partial charge in [-0.2, -0.15) is 0 Å². The molecule has 0 nitrogen and oxygen atoms in total. The van der Waals surface area contributed by atoms with E-state index in [-0.39, 0.29) is 0 Å². The standard InChI is InChI=1S/C14H20/c1-3-5-7-9-11-13-14-12-10-8-6-4-2/h3-7,10-13H,1,8-9,14H2,2H3. The molecule has 0 amide bonds. The molecule has 0 radical (unpaired) electrons. The number of hydrogen-bond donors (Lipinski definition) is 0. The highest BCUT2D eigenvalue weighted by molar-refractivity contribution is 5.02. The number of allylic oxidation sites excluding steroid dienone is 9. The van der Waals surface area contributed by atoms with Gasteiger partial charge in [-0.15, -0.1) is 0 Å². The van der Waals surface area contributed by atoms with Gasteiger partial charge in [-0.05, 0) is 26.2 Å². The first-order valence-corrected chi connectivity index (χ1v) is 5.10. The maximum atomic E-state index is 3.61. The van der Waals surface area contributed by atoms with Gasteiger partial charge in [-0.1, -0.05) is 61.3 Å². The molecule has 0 aromatic rings. The number of hydrogen-bond acceptors (Lipinski definition) is 0. The molecule has 0 rings (SSSR count). The maximum absolute atomic E-state index is 3.61. The van der Waals surface area contributed by atoms with Gasteiger partial charge in [-0.3, -0.25) is 0 Å². The average molecular weight is 188 g/mol. The second-order valence-corrected chi connectivity index (χ2v) is 2.88. The molecule has 0 heterocycles. The molecule has 0 aliphatic rings. The fourth-order valence-electron chi connectivity index (χ4n) is 0.931. The molecule has 0 unspecified atom stereocenters. The molecule has 0 heteroatoms. The Kier molecular flexibility index (Phi) is 10.6. The molecular weight excluding hydrogens is 168 g/mol. The van der Waals surface area contributed by atoms with Crippen molar-refractivity contribution in [2.24, 2.45) is 0 Å². The lowest BCUT2D eigenvalue weighted by Crippen LogP contribution is -1.62. The lowest BCUT2D eigenvalue weighted by Gasteiger charge is -1.83. The first-order chi connectivity index (χ1) is 6.91. The van der Waals surface area contributed by atoms with Gasteiger partial charge in [0, 0.05) is 0 Å². The van der Waals surface area contributed by atoms with Crippen molar-refractivity contribution in [3.05, 3.63) is 61.3 Å². The van der Waals surface area contributed by atoms with Crippen molar-refractivity contribution < 1.29 is 0 Å². The highest BCUT2D eigenvalue weighted by Gasteiger charge is 1.72. The van der Waals surface area contributed by atoms with E-state index in [2.05, 4.69) is 49.1 Å². The molecular formula is C14H20. The van der Waals surface area contributed by atoms with Gasteiger partial charge in [-0.25, -0.2) is 0 Å². The summed E-state index contributed by atoms with van der Waals surface area (Å²) in [4.78, 5) is 0. The van der Waals surface area contributed by atoms with E-state index in [1.165, 1.54) is 0 Å². The molecule has 0 spiro atoms. The van der Waals surface area contributed by atoms with Crippen molar-refractivity contribution in [2.75, 3.05) is 0 Å². The molecule has 0 saturated heterocycles. The van der Waals surface area contributed by atoms with Crippen molar-refractivity contribution >= 4 is 0 Å². The van der Waals surface area contributed by atoms with E-state index in [4.69, 9.17) is 0 Å². The van der Waals surface area contributed by atoms with Gasteiger partial charge in [0.2, 0.25) is 0 Å². The van der Waals surface area contributed by atoms with E-state index < -0.39 is 0 Å². The highest BCUT2D eigenvalue weighted by atomic mass is 13.8.